The van der Waals surface area contributed by atoms with Crippen LogP contribution in [0.2, 0.25) is 0 Å². The van der Waals surface area contributed by atoms with E-state index in [0.717, 1.165) is 6.07 Å². The van der Waals surface area contributed by atoms with Crippen LogP contribution in [0.3, 0.4) is 0 Å². The minimum absolute atomic E-state index is 0.275. The van der Waals surface area contributed by atoms with Gasteiger partial charge in [-0.1, -0.05) is 6.07 Å². The van der Waals surface area contributed by atoms with Gasteiger partial charge in [0.2, 0.25) is 0 Å². The Morgan fingerprint density at radius 1 is 1.50 bits per heavy atom. The summed E-state index contributed by atoms with van der Waals surface area (Å²) in [4.78, 5) is 0. The highest BCUT2D eigenvalue weighted by atomic mass is 79.9. The molecule has 1 aromatic carbocycles. The lowest BCUT2D eigenvalue weighted by molar-refractivity contribution is 0.308. The molecule has 0 heterocycles. The number of halogens is 2. The third-order valence-corrected chi connectivity index (χ3v) is 2.46. The zero-order valence-electron chi connectivity index (χ0n) is 6.91. The minimum atomic E-state index is -3.98. The maximum atomic E-state index is 12.9. The second kappa shape index (κ2) is 4.35. The molecular formula is C7H7BrFNO3S. The third-order valence-electron chi connectivity index (χ3n) is 1.37. The molecule has 14 heavy (non-hydrogen) atoms. The van der Waals surface area contributed by atoms with Gasteiger partial charge in [-0.25, -0.2) is 9.53 Å². The molecule has 0 atom stereocenters. The van der Waals surface area contributed by atoms with Crippen LogP contribution in [0.25, 0.3) is 0 Å². The van der Waals surface area contributed by atoms with Crippen LogP contribution >= 0.6 is 15.9 Å². The van der Waals surface area contributed by atoms with Crippen molar-refractivity contribution in [1.82, 2.24) is 0 Å². The molecule has 0 aliphatic rings. The van der Waals surface area contributed by atoms with Gasteiger partial charge < -0.3 is 0 Å². The van der Waals surface area contributed by atoms with E-state index in [1.165, 1.54) is 12.1 Å². The molecule has 7 heteroatoms. The summed E-state index contributed by atoms with van der Waals surface area (Å²) >= 11 is 2.96. The maximum absolute atomic E-state index is 12.9. The lowest BCUT2D eigenvalue weighted by atomic mass is 10.2. The highest BCUT2D eigenvalue weighted by molar-refractivity contribution is 9.10. The van der Waals surface area contributed by atoms with Crippen molar-refractivity contribution < 1.29 is 17.0 Å². The van der Waals surface area contributed by atoms with Gasteiger partial charge in [-0.3, -0.25) is 4.18 Å². The molecule has 0 saturated heterocycles. The van der Waals surface area contributed by atoms with Crippen LogP contribution < -0.4 is 5.14 Å². The van der Waals surface area contributed by atoms with E-state index in [1.54, 1.807) is 0 Å². The molecule has 0 fully saturated rings. The summed E-state index contributed by atoms with van der Waals surface area (Å²) in [5.74, 6) is -0.486. The van der Waals surface area contributed by atoms with Gasteiger partial charge in [0.15, 0.2) is 0 Å². The van der Waals surface area contributed by atoms with Gasteiger partial charge in [-0.05, 0) is 33.6 Å². The average molecular weight is 284 g/mol. The van der Waals surface area contributed by atoms with E-state index in [9.17, 15) is 12.8 Å². The summed E-state index contributed by atoms with van der Waals surface area (Å²) in [6.07, 6.45) is 0. The van der Waals surface area contributed by atoms with Crippen LogP contribution in [0.4, 0.5) is 4.39 Å². The number of nitrogens with two attached hydrogens (primary N) is 1. The molecular weight excluding hydrogens is 277 g/mol. The van der Waals surface area contributed by atoms with E-state index in [2.05, 4.69) is 25.3 Å². The Kier molecular flexibility index (Phi) is 3.59. The van der Waals surface area contributed by atoms with Crippen LogP contribution in [0.5, 0.6) is 0 Å². The molecule has 0 unspecified atom stereocenters. The molecule has 4 nitrogen and oxygen atoms in total. The molecule has 1 aromatic rings. The second-order valence-corrected chi connectivity index (χ2v) is 4.58. The first kappa shape index (κ1) is 11.6. The van der Waals surface area contributed by atoms with Crippen LogP contribution in [-0.2, 0) is 21.1 Å². The lowest BCUT2D eigenvalue weighted by Gasteiger charge is -2.02. The fourth-order valence-electron chi connectivity index (χ4n) is 0.780. The normalized spacial score (nSPS) is 11.6. The monoisotopic (exact) mass is 283 g/mol. The van der Waals surface area contributed by atoms with Crippen molar-refractivity contribution in [3.8, 4) is 0 Å². The van der Waals surface area contributed by atoms with Crippen molar-refractivity contribution >= 4 is 26.2 Å². The zero-order valence-corrected chi connectivity index (χ0v) is 9.31. The number of hydrogen-bond acceptors (Lipinski definition) is 3. The number of hydrogen-bond donors (Lipinski definition) is 1. The Bertz CT molecular complexity index is 435. The molecule has 0 aromatic heterocycles. The summed E-state index contributed by atoms with van der Waals surface area (Å²) in [6.45, 7) is -0.275. The maximum Gasteiger partial charge on any atom is 0.333 e. The summed E-state index contributed by atoms with van der Waals surface area (Å²) < 4.78 is 38.3. The van der Waals surface area contributed by atoms with Crippen molar-refractivity contribution in [2.24, 2.45) is 5.14 Å². The van der Waals surface area contributed by atoms with Crippen molar-refractivity contribution in [3.05, 3.63) is 34.1 Å². The van der Waals surface area contributed by atoms with Gasteiger partial charge in [0.25, 0.3) is 0 Å². The number of rotatable bonds is 3. The standard InChI is InChI=1S/C7H7BrFNO3S/c8-6-2-1-5(3-7(6)9)4-13-14(10,11)12/h1-3H,4H2,(H2,10,11,12). The second-order valence-electron chi connectivity index (χ2n) is 2.50. The van der Waals surface area contributed by atoms with Crippen LogP contribution in [0.15, 0.2) is 22.7 Å². The fraction of sp³-hybridized carbons (Fsp3) is 0.143. The molecule has 0 spiro atoms. The smallest absolute Gasteiger partial charge is 0.253 e. The predicted octanol–water partition coefficient (Wildman–Crippen LogP) is 1.31. The van der Waals surface area contributed by atoms with Crippen LogP contribution in [-0.4, -0.2) is 8.42 Å². The van der Waals surface area contributed by atoms with Gasteiger partial charge in [0.1, 0.15) is 5.82 Å². The Hall–Kier alpha value is -0.500. The van der Waals surface area contributed by atoms with Crippen molar-refractivity contribution in [1.29, 1.82) is 0 Å². The zero-order chi connectivity index (χ0) is 10.8. The molecule has 0 aliphatic heterocycles. The third kappa shape index (κ3) is 3.70. The van der Waals surface area contributed by atoms with Crippen molar-refractivity contribution in [3.63, 3.8) is 0 Å². The Morgan fingerprint density at radius 2 is 2.14 bits per heavy atom. The van der Waals surface area contributed by atoms with E-state index in [4.69, 9.17) is 0 Å². The molecule has 0 amide bonds. The molecule has 2 N–H and O–H groups in total. The van der Waals surface area contributed by atoms with Gasteiger partial charge in [-0.2, -0.15) is 8.42 Å². The highest BCUT2D eigenvalue weighted by Crippen LogP contribution is 2.16. The van der Waals surface area contributed by atoms with Gasteiger partial charge in [0.05, 0.1) is 11.1 Å². The van der Waals surface area contributed by atoms with Gasteiger partial charge in [0, 0.05) is 0 Å². The summed E-state index contributed by atoms with van der Waals surface area (Å²) in [5, 5.41) is 4.60. The van der Waals surface area contributed by atoms with E-state index >= 15 is 0 Å². The topological polar surface area (TPSA) is 69.4 Å². The first-order chi connectivity index (χ1) is 6.38. The lowest BCUT2D eigenvalue weighted by Crippen LogP contribution is -2.15. The molecule has 78 valence electrons. The molecule has 0 bridgehead atoms. The van der Waals surface area contributed by atoms with Gasteiger partial charge in [-0.15, -0.1) is 0 Å². The van der Waals surface area contributed by atoms with E-state index < -0.39 is 16.1 Å². The largest absolute Gasteiger partial charge is 0.333 e. The van der Waals surface area contributed by atoms with Crippen molar-refractivity contribution in [2.75, 3.05) is 0 Å². The molecule has 0 saturated carbocycles. The number of benzene rings is 1. The summed E-state index contributed by atoms with van der Waals surface area (Å²) in [5.41, 5.74) is 0.389. The van der Waals surface area contributed by atoms with Crippen LogP contribution in [0.1, 0.15) is 5.56 Å². The Labute approximate surface area is 89.3 Å². The SMILES string of the molecule is NS(=O)(=O)OCc1ccc(Br)c(F)c1. The highest BCUT2D eigenvalue weighted by Gasteiger charge is 2.05. The molecule has 0 radical (unpaired) electrons. The Morgan fingerprint density at radius 3 is 2.64 bits per heavy atom. The quantitative estimate of drug-likeness (QED) is 0.909. The summed E-state index contributed by atoms with van der Waals surface area (Å²) in [6, 6.07) is 4.14. The van der Waals surface area contributed by atoms with Crippen LogP contribution in [0, 0.1) is 5.82 Å². The predicted molar refractivity (Wildman–Crippen MR) is 52.0 cm³/mol. The first-order valence-electron chi connectivity index (χ1n) is 3.49. The van der Waals surface area contributed by atoms with E-state index in [0.29, 0.717) is 10.0 Å². The fourth-order valence-corrected chi connectivity index (χ4v) is 1.33. The summed E-state index contributed by atoms with van der Waals surface area (Å²) in [7, 11) is -3.98. The average Bonchev–Trinajstić information content (AvgIpc) is 2.06. The Balaban J connectivity index is 2.74. The van der Waals surface area contributed by atoms with Crippen molar-refractivity contribution in [2.45, 2.75) is 6.61 Å². The van der Waals surface area contributed by atoms with Gasteiger partial charge >= 0.3 is 10.3 Å². The van der Waals surface area contributed by atoms with E-state index in [1.807, 2.05) is 0 Å². The molecule has 0 aliphatic carbocycles. The minimum Gasteiger partial charge on any atom is -0.253 e. The van der Waals surface area contributed by atoms with E-state index in [-0.39, 0.29) is 6.61 Å². The molecule has 1 rings (SSSR count). The first-order valence-corrected chi connectivity index (χ1v) is 5.76.